The summed E-state index contributed by atoms with van der Waals surface area (Å²) in [5.74, 6) is 0.790. The highest BCUT2D eigenvalue weighted by atomic mass is 35.5. The Kier molecular flexibility index (Phi) is 8.14. The minimum atomic E-state index is -0.573. The number of carbonyl (C=O) groups is 2. The fourth-order valence-corrected chi connectivity index (χ4v) is 5.74. The van der Waals surface area contributed by atoms with Gasteiger partial charge in [0.25, 0.3) is 0 Å². The van der Waals surface area contributed by atoms with E-state index < -0.39 is 12.2 Å². The first kappa shape index (κ1) is 27.1. The third-order valence-corrected chi connectivity index (χ3v) is 7.72. The quantitative estimate of drug-likeness (QED) is 0.360. The van der Waals surface area contributed by atoms with E-state index in [0.717, 1.165) is 22.5 Å². The summed E-state index contributed by atoms with van der Waals surface area (Å²) in [5, 5.41) is 0.580. The molecule has 8 nitrogen and oxygen atoms in total. The fraction of sp³-hybridized carbons (Fsp3) is 0.400. The number of ether oxygens (including phenoxy) is 4. The fourth-order valence-electron chi connectivity index (χ4n) is 5.56. The highest BCUT2D eigenvalue weighted by Gasteiger charge is 2.36. The molecular weight excluding hydrogens is 520 g/mol. The topological polar surface area (TPSA) is 79.2 Å². The third-order valence-electron chi connectivity index (χ3n) is 7.49. The number of esters is 1. The lowest BCUT2D eigenvalue weighted by Gasteiger charge is -2.32. The average Bonchev–Trinajstić information content (AvgIpc) is 3.40. The lowest BCUT2D eigenvalue weighted by molar-refractivity contribution is -0.151. The molecule has 0 unspecified atom stereocenters. The predicted molar refractivity (Wildman–Crippen MR) is 147 cm³/mol. The highest BCUT2D eigenvalue weighted by molar-refractivity contribution is 6.30. The molecule has 1 amide bonds. The molecule has 3 aromatic rings. The molecule has 0 bridgehead atoms. The number of halogens is 1. The maximum atomic E-state index is 13.6. The van der Waals surface area contributed by atoms with E-state index in [2.05, 4.69) is 4.57 Å². The normalized spacial score (nSPS) is 19.0. The smallest absolute Gasteiger partial charge is 0.309 e. The summed E-state index contributed by atoms with van der Waals surface area (Å²) in [5.41, 5.74) is 3.42. The maximum Gasteiger partial charge on any atom is 0.309 e. The number of fused-ring (bicyclic) bond motifs is 3. The van der Waals surface area contributed by atoms with Crippen molar-refractivity contribution in [1.29, 1.82) is 0 Å². The van der Waals surface area contributed by atoms with Crippen LogP contribution in [0.1, 0.15) is 55.2 Å². The zero-order chi connectivity index (χ0) is 27.5. The number of benzene rings is 2. The Hall–Kier alpha value is -3.49. The standard InChI is InChI=1S/C30H33ClN2O6/c1-4-38-30(35)19-12-15-32(16-13-19)27(34)18-26-24-8-6-14-33(24)23-11-10-20(31)17-22(23)28(39-26)21-7-5-9-25(36-2)29(21)37-3/h5-11,14,17,19,26,28H,4,12-13,15-16,18H2,1-3H3/t26-,28-/m0/s1. The average molecular weight is 553 g/mol. The van der Waals surface area contributed by atoms with Crippen molar-refractivity contribution < 1.29 is 28.5 Å². The van der Waals surface area contributed by atoms with Crippen molar-refractivity contribution in [3.8, 4) is 17.2 Å². The Morgan fingerprint density at radius 3 is 2.54 bits per heavy atom. The Bertz CT molecular complexity index is 1350. The van der Waals surface area contributed by atoms with E-state index in [0.29, 0.717) is 49.1 Å². The van der Waals surface area contributed by atoms with Gasteiger partial charge in [-0.15, -0.1) is 0 Å². The number of likely N-dealkylation sites (tertiary alicyclic amines) is 1. The molecule has 1 saturated heterocycles. The number of rotatable bonds is 7. The molecule has 1 aromatic heterocycles. The first-order chi connectivity index (χ1) is 18.9. The number of nitrogens with zero attached hydrogens (tertiary/aromatic N) is 2. The van der Waals surface area contributed by atoms with Crippen LogP contribution in [0.2, 0.25) is 5.02 Å². The molecule has 39 heavy (non-hydrogen) atoms. The summed E-state index contributed by atoms with van der Waals surface area (Å²) in [6.45, 7) is 3.20. The van der Waals surface area contributed by atoms with Crippen molar-refractivity contribution in [2.75, 3.05) is 33.9 Å². The molecule has 2 aromatic carbocycles. The molecule has 0 N–H and O–H groups in total. The van der Waals surface area contributed by atoms with Gasteiger partial charge >= 0.3 is 5.97 Å². The summed E-state index contributed by atoms with van der Waals surface area (Å²) in [6.07, 6.45) is 2.20. The van der Waals surface area contributed by atoms with Gasteiger partial charge in [-0.3, -0.25) is 9.59 Å². The Labute approximate surface area is 233 Å². The van der Waals surface area contributed by atoms with E-state index in [1.54, 1.807) is 21.1 Å². The molecule has 9 heteroatoms. The van der Waals surface area contributed by atoms with Crippen LogP contribution < -0.4 is 9.47 Å². The molecule has 2 aliphatic heterocycles. The van der Waals surface area contributed by atoms with E-state index >= 15 is 0 Å². The van der Waals surface area contributed by atoms with Gasteiger partial charge in [0.15, 0.2) is 11.5 Å². The first-order valence-corrected chi connectivity index (χ1v) is 13.6. The van der Waals surface area contributed by atoms with Crippen LogP contribution in [0.5, 0.6) is 11.5 Å². The summed E-state index contributed by atoms with van der Waals surface area (Å²) < 4.78 is 25.4. The van der Waals surface area contributed by atoms with Crippen LogP contribution in [-0.4, -0.2) is 55.3 Å². The van der Waals surface area contributed by atoms with E-state index in [9.17, 15) is 9.59 Å². The van der Waals surface area contributed by atoms with Crippen LogP contribution in [0, 0.1) is 5.92 Å². The number of piperidine rings is 1. The van der Waals surface area contributed by atoms with Crippen molar-refractivity contribution >= 4 is 23.5 Å². The Morgan fingerprint density at radius 1 is 1.03 bits per heavy atom. The molecule has 206 valence electrons. The van der Waals surface area contributed by atoms with Crippen LogP contribution in [0.15, 0.2) is 54.7 Å². The summed E-state index contributed by atoms with van der Waals surface area (Å²) >= 11 is 6.48. The minimum absolute atomic E-state index is 0.0181. The van der Waals surface area contributed by atoms with Crippen LogP contribution >= 0.6 is 11.6 Å². The third kappa shape index (κ3) is 5.36. The summed E-state index contributed by atoms with van der Waals surface area (Å²) in [7, 11) is 3.19. The van der Waals surface area contributed by atoms with Gasteiger partial charge in [-0.2, -0.15) is 0 Å². The molecule has 3 heterocycles. The van der Waals surface area contributed by atoms with Gasteiger partial charge in [-0.05, 0) is 56.2 Å². The van der Waals surface area contributed by atoms with Crippen molar-refractivity contribution in [1.82, 2.24) is 9.47 Å². The molecule has 2 aliphatic rings. The van der Waals surface area contributed by atoms with Gasteiger partial charge in [-0.1, -0.05) is 23.7 Å². The maximum absolute atomic E-state index is 13.6. The van der Waals surface area contributed by atoms with Crippen molar-refractivity contribution in [3.05, 3.63) is 76.6 Å². The molecule has 2 atom stereocenters. The van der Waals surface area contributed by atoms with Crippen LogP contribution in [0.3, 0.4) is 0 Å². The molecule has 0 aliphatic carbocycles. The molecular formula is C30H33ClN2O6. The van der Waals surface area contributed by atoms with E-state index in [4.69, 9.17) is 30.5 Å². The molecule has 0 radical (unpaired) electrons. The van der Waals surface area contributed by atoms with Gasteiger partial charge < -0.3 is 28.4 Å². The minimum Gasteiger partial charge on any atom is -0.493 e. The second-order valence-electron chi connectivity index (χ2n) is 9.70. The Balaban J connectivity index is 1.47. The van der Waals surface area contributed by atoms with Crippen molar-refractivity contribution in [3.63, 3.8) is 0 Å². The van der Waals surface area contributed by atoms with E-state index in [1.165, 1.54) is 0 Å². The highest BCUT2D eigenvalue weighted by Crippen LogP contribution is 2.46. The number of aromatic nitrogens is 1. The largest absolute Gasteiger partial charge is 0.493 e. The van der Waals surface area contributed by atoms with Gasteiger partial charge in [0.1, 0.15) is 12.2 Å². The molecule has 0 spiro atoms. The number of para-hydroxylation sites is 1. The van der Waals surface area contributed by atoms with Crippen molar-refractivity contribution in [2.45, 2.75) is 38.4 Å². The number of carbonyl (C=O) groups excluding carboxylic acids is 2. The van der Waals surface area contributed by atoms with Gasteiger partial charge in [0.2, 0.25) is 5.91 Å². The van der Waals surface area contributed by atoms with Crippen molar-refractivity contribution in [2.24, 2.45) is 5.92 Å². The van der Waals surface area contributed by atoms with Gasteiger partial charge in [0, 0.05) is 35.4 Å². The van der Waals surface area contributed by atoms with Gasteiger partial charge in [0.05, 0.1) is 44.5 Å². The van der Waals surface area contributed by atoms with E-state index in [-0.39, 0.29) is 24.2 Å². The summed E-state index contributed by atoms with van der Waals surface area (Å²) in [6, 6.07) is 15.3. The predicted octanol–water partition coefficient (Wildman–Crippen LogP) is 5.50. The van der Waals surface area contributed by atoms with Crippen LogP contribution in [-0.2, 0) is 19.1 Å². The molecule has 0 saturated carbocycles. The first-order valence-electron chi connectivity index (χ1n) is 13.2. The lowest BCUT2D eigenvalue weighted by atomic mass is 9.96. The number of hydrogen-bond donors (Lipinski definition) is 0. The second-order valence-corrected chi connectivity index (χ2v) is 10.1. The number of hydrogen-bond acceptors (Lipinski definition) is 6. The zero-order valence-corrected chi connectivity index (χ0v) is 23.1. The Morgan fingerprint density at radius 2 is 1.82 bits per heavy atom. The molecule has 5 rings (SSSR count). The van der Waals surface area contributed by atoms with Crippen LogP contribution in [0.4, 0.5) is 0 Å². The lowest BCUT2D eigenvalue weighted by Crippen LogP contribution is -2.41. The van der Waals surface area contributed by atoms with Crippen LogP contribution in [0.25, 0.3) is 5.69 Å². The number of methoxy groups -OCH3 is 2. The number of amides is 1. The zero-order valence-electron chi connectivity index (χ0n) is 22.4. The monoisotopic (exact) mass is 552 g/mol. The second kappa shape index (κ2) is 11.7. The van der Waals surface area contributed by atoms with Gasteiger partial charge in [-0.25, -0.2) is 0 Å². The van der Waals surface area contributed by atoms with E-state index in [1.807, 2.05) is 59.6 Å². The summed E-state index contributed by atoms with van der Waals surface area (Å²) in [4.78, 5) is 27.5. The SMILES string of the molecule is CCOC(=O)C1CCN(C(=O)C[C@@H]2O[C@@H](c3cccc(OC)c3OC)c3cc(Cl)ccc3-n3cccc32)CC1. The molecule has 1 fully saturated rings.